The summed E-state index contributed by atoms with van der Waals surface area (Å²) in [5.41, 5.74) is 1.32. The Bertz CT molecular complexity index is 763. The first-order valence-electron chi connectivity index (χ1n) is 7.79. The van der Waals surface area contributed by atoms with Crippen LogP contribution in [0.2, 0.25) is 10.0 Å². The molecule has 2 N–H and O–H groups in total. The zero-order valence-electron chi connectivity index (χ0n) is 13.6. The minimum atomic E-state index is -1.01. The van der Waals surface area contributed by atoms with Gasteiger partial charge in [0.15, 0.2) is 0 Å². The van der Waals surface area contributed by atoms with Crippen LogP contribution in [0.5, 0.6) is 0 Å². The first kappa shape index (κ1) is 19.1. The second kappa shape index (κ2) is 8.74. The Morgan fingerprint density at radius 1 is 1.08 bits per heavy atom. The lowest BCUT2D eigenvalue weighted by Gasteiger charge is -2.23. The highest BCUT2D eigenvalue weighted by Gasteiger charge is 2.16. The molecule has 0 bridgehead atoms. The molecule has 0 aliphatic heterocycles. The molecule has 0 fully saturated rings. The average molecular weight is 381 g/mol. The molecule has 7 heteroatoms. The SMILES string of the molecule is CCCCN(C(=O)Nc1ccc(Cl)c(Cl)c1)c1ccc(C(=O)O)cc1. The molecule has 2 rings (SSSR count). The van der Waals surface area contributed by atoms with Crippen LogP contribution in [0.1, 0.15) is 30.1 Å². The van der Waals surface area contributed by atoms with Crippen molar-refractivity contribution in [2.45, 2.75) is 19.8 Å². The number of hydrogen-bond donors (Lipinski definition) is 2. The van der Waals surface area contributed by atoms with Gasteiger partial charge < -0.3 is 10.4 Å². The summed E-state index contributed by atoms with van der Waals surface area (Å²) in [7, 11) is 0. The Balaban J connectivity index is 2.21. The van der Waals surface area contributed by atoms with Gasteiger partial charge in [0.25, 0.3) is 0 Å². The molecule has 0 spiro atoms. The number of unbranched alkanes of at least 4 members (excludes halogenated alkanes) is 1. The van der Waals surface area contributed by atoms with Crippen LogP contribution in [-0.2, 0) is 0 Å². The number of anilines is 2. The van der Waals surface area contributed by atoms with E-state index in [-0.39, 0.29) is 11.6 Å². The van der Waals surface area contributed by atoms with E-state index in [1.807, 2.05) is 6.92 Å². The third kappa shape index (κ3) is 5.11. The first-order valence-corrected chi connectivity index (χ1v) is 8.55. The van der Waals surface area contributed by atoms with Crippen molar-refractivity contribution in [1.82, 2.24) is 0 Å². The van der Waals surface area contributed by atoms with E-state index in [4.69, 9.17) is 28.3 Å². The van der Waals surface area contributed by atoms with Crippen LogP contribution in [-0.4, -0.2) is 23.7 Å². The van der Waals surface area contributed by atoms with Crippen LogP contribution in [0.15, 0.2) is 42.5 Å². The molecule has 25 heavy (non-hydrogen) atoms. The molecule has 132 valence electrons. The fourth-order valence-electron chi connectivity index (χ4n) is 2.21. The quantitative estimate of drug-likeness (QED) is 0.691. The van der Waals surface area contributed by atoms with Gasteiger partial charge in [-0.15, -0.1) is 0 Å². The summed E-state index contributed by atoms with van der Waals surface area (Å²) in [6.45, 7) is 2.54. The van der Waals surface area contributed by atoms with Gasteiger partial charge >= 0.3 is 12.0 Å². The van der Waals surface area contributed by atoms with Gasteiger partial charge in [-0.1, -0.05) is 36.5 Å². The van der Waals surface area contributed by atoms with Crippen molar-refractivity contribution < 1.29 is 14.7 Å². The van der Waals surface area contributed by atoms with Gasteiger partial charge in [0, 0.05) is 17.9 Å². The number of amides is 2. The number of benzene rings is 2. The minimum Gasteiger partial charge on any atom is -0.478 e. The Kier molecular flexibility index (Phi) is 6.67. The average Bonchev–Trinajstić information content (AvgIpc) is 2.59. The van der Waals surface area contributed by atoms with Gasteiger partial charge in [-0.25, -0.2) is 9.59 Å². The van der Waals surface area contributed by atoms with E-state index < -0.39 is 5.97 Å². The van der Waals surface area contributed by atoms with Gasteiger partial charge in [0.1, 0.15) is 0 Å². The van der Waals surface area contributed by atoms with Gasteiger partial charge in [0.2, 0.25) is 0 Å². The molecule has 2 amide bonds. The monoisotopic (exact) mass is 380 g/mol. The second-order valence-corrected chi connectivity index (χ2v) is 6.23. The molecule has 5 nitrogen and oxygen atoms in total. The predicted molar refractivity (Wildman–Crippen MR) is 101 cm³/mol. The molecule has 0 unspecified atom stereocenters. The first-order chi connectivity index (χ1) is 11.9. The van der Waals surface area contributed by atoms with Gasteiger partial charge in [0.05, 0.1) is 15.6 Å². The molecule has 0 radical (unpaired) electrons. The lowest BCUT2D eigenvalue weighted by Crippen LogP contribution is -2.35. The topological polar surface area (TPSA) is 69.6 Å². The van der Waals surface area contributed by atoms with Crippen LogP contribution in [0.4, 0.5) is 16.2 Å². The fraction of sp³-hybridized carbons (Fsp3) is 0.222. The van der Waals surface area contributed by atoms with Crippen molar-refractivity contribution in [3.05, 3.63) is 58.1 Å². The van der Waals surface area contributed by atoms with Crippen molar-refractivity contribution >= 4 is 46.6 Å². The second-order valence-electron chi connectivity index (χ2n) is 5.42. The van der Waals surface area contributed by atoms with Gasteiger partial charge in [-0.05, 0) is 48.9 Å². The summed E-state index contributed by atoms with van der Waals surface area (Å²) in [5.74, 6) is -1.01. The Morgan fingerprint density at radius 3 is 2.32 bits per heavy atom. The molecule has 0 aromatic heterocycles. The van der Waals surface area contributed by atoms with Gasteiger partial charge in [-0.2, -0.15) is 0 Å². The van der Waals surface area contributed by atoms with Crippen molar-refractivity contribution in [3.63, 3.8) is 0 Å². The number of aromatic carboxylic acids is 1. The van der Waals surface area contributed by atoms with Crippen molar-refractivity contribution in [3.8, 4) is 0 Å². The van der Waals surface area contributed by atoms with Gasteiger partial charge in [-0.3, -0.25) is 4.90 Å². The standard InChI is InChI=1S/C18H18Cl2N2O3/c1-2-3-10-22(14-7-4-12(5-8-14)17(23)24)18(25)21-13-6-9-15(19)16(20)11-13/h4-9,11H,2-3,10H2,1H3,(H,21,25)(H,23,24). The normalized spacial score (nSPS) is 10.4. The number of carboxylic acids is 1. The maximum Gasteiger partial charge on any atom is 0.335 e. The Hall–Kier alpha value is -2.24. The van der Waals surface area contributed by atoms with Crippen LogP contribution in [0.25, 0.3) is 0 Å². The Labute approximate surface area is 156 Å². The lowest BCUT2D eigenvalue weighted by molar-refractivity contribution is 0.0697. The summed E-state index contributed by atoms with van der Waals surface area (Å²) < 4.78 is 0. The number of urea groups is 1. The highest BCUT2D eigenvalue weighted by atomic mass is 35.5. The summed E-state index contributed by atoms with van der Waals surface area (Å²) in [6, 6.07) is 10.7. The molecular weight excluding hydrogens is 363 g/mol. The number of carboxylic acid groups (broad SMARTS) is 1. The third-order valence-corrected chi connectivity index (χ3v) is 4.32. The number of carbonyl (C=O) groups is 2. The predicted octanol–water partition coefficient (Wildman–Crippen LogP) is 5.53. The summed E-state index contributed by atoms with van der Waals surface area (Å²) >= 11 is 11.9. The van der Waals surface area contributed by atoms with Crippen LogP contribution < -0.4 is 10.2 Å². The van der Waals surface area contributed by atoms with Crippen molar-refractivity contribution in [2.24, 2.45) is 0 Å². The highest BCUT2D eigenvalue weighted by Crippen LogP contribution is 2.26. The zero-order chi connectivity index (χ0) is 18.4. The maximum atomic E-state index is 12.7. The molecule has 2 aromatic carbocycles. The highest BCUT2D eigenvalue weighted by molar-refractivity contribution is 6.42. The molecule has 0 saturated heterocycles. The molecule has 0 saturated carbocycles. The molecule has 0 atom stereocenters. The van der Waals surface area contributed by atoms with E-state index in [0.29, 0.717) is 28.0 Å². The largest absolute Gasteiger partial charge is 0.478 e. The minimum absolute atomic E-state index is 0.170. The smallest absolute Gasteiger partial charge is 0.335 e. The lowest BCUT2D eigenvalue weighted by atomic mass is 10.2. The van der Waals surface area contributed by atoms with E-state index in [9.17, 15) is 9.59 Å². The molecule has 0 heterocycles. The molecule has 0 aliphatic carbocycles. The number of rotatable bonds is 6. The summed E-state index contributed by atoms with van der Waals surface area (Å²) in [4.78, 5) is 25.2. The van der Waals surface area contributed by atoms with E-state index in [2.05, 4.69) is 5.32 Å². The van der Waals surface area contributed by atoms with Crippen LogP contribution in [0.3, 0.4) is 0 Å². The number of nitrogens with one attached hydrogen (secondary N) is 1. The van der Waals surface area contributed by atoms with Crippen molar-refractivity contribution in [1.29, 1.82) is 0 Å². The number of halogens is 2. The number of carbonyl (C=O) groups excluding carboxylic acids is 1. The maximum absolute atomic E-state index is 12.7. The van der Waals surface area contributed by atoms with E-state index in [0.717, 1.165) is 12.8 Å². The molecule has 2 aromatic rings. The summed E-state index contributed by atoms with van der Waals surface area (Å²) in [6.07, 6.45) is 1.74. The number of hydrogen-bond acceptors (Lipinski definition) is 2. The van der Waals surface area contributed by atoms with Crippen LogP contribution >= 0.6 is 23.2 Å². The summed E-state index contributed by atoms with van der Waals surface area (Å²) in [5, 5.41) is 12.5. The third-order valence-electron chi connectivity index (χ3n) is 3.58. The molecule has 0 aliphatic rings. The number of nitrogens with zero attached hydrogens (tertiary/aromatic N) is 1. The Morgan fingerprint density at radius 2 is 1.76 bits per heavy atom. The van der Waals surface area contributed by atoms with E-state index in [1.165, 1.54) is 12.1 Å². The van der Waals surface area contributed by atoms with E-state index in [1.54, 1.807) is 35.2 Å². The van der Waals surface area contributed by atoms with Crippen molar-refractivity contribution in [2.75, 3.05) is 16.8 Å². The van der Waals surface area contributed by atoms with Crippen LogP contribution in [0, 0.1) is 0 Å². The van der Waals surface area contributed by atoms with E-state index >= 15 is 0 Å². The zero-order valence-corrected chi connectivity index (χ0v) is 15.1. The molecular formula is C18H18Cl2N2O3. The fourth-order valence-corrected chi connectivity index (χ4v) is 2.51.